The monoisotopic (exact) mass is 350 g/mol. The van der Waals surface area contributed by atoms with Gasteiger partial charge in [0, 0.05) is 12.7 Å². The number of aliphatic carboxylic acids is 1. The first-order valence-electron chi connectivity index (χ1n) is 7.43. The van der Waals surface area contributed by atoms with E-state index >= 15 is 0 Å². The molecule has 6 heteroatoms. The van der Waals surface area contributed by atoms with E-state index in [-0.39, 0.29) is 6.04 Å². The maximum absolute atomic E-state index is 11.6. The van der Waals surface area contributed by atoms with Gasteiger partial charge in [0.2, 0.25) is 0 Å². The number of carboxylic acid groups (broad SMARTS) is 1. The molecular weight excluding hydrogens is 335 g/mol. The zero-order chi connectivity index (χ0) is 16.4. The van der Waals surface area contributed by atoms with Crippen LogP contribution in [0.1, 0.15) is 30.1 Å². The largest absolute Gasteiger partial charge is 0.480 e. The lowest BCUT2D eigenvalue weighted by molar-refractivity contribution is -0.142. The quantitative estimate of drug-likeness (QED) is 0.904. The zero-order valence-electron chi connectivity index (χ0n) is 12.3. The van der Waals surface area contributed by atoms with Crippen LogP contribution in [0, 0.1) is 0 Å². The standard InChI is InChI=1S/C17H16Cl2N2O2/c18-12-6-3-5-11(15(12)19)16(13-7-1-2-9-20-13)21-10-4-8-14(21)17(22)23/h1-3,5-7,9,14,16H,4,8,10H2,(H,22,23). The van der Waals surface area contributed by atoms with Crippen LogP contribution in [-0.4, -0.2) is 33.5 Å². The Kier molecular flexibility index (Phi) is 4.85. The van der Waals surface area contributed by atoms with Gasteiger partial charge < -0.3 is 5.11 Å². The van der Waals surface area contributed by atoms with Gasteiger partial charge in [0.25, 0.3) is 0 Å². The first kappa shape index (κ1) is 16.2. The van der Waals surface area contributed by atoms with E-state index in [9.17, 15) is 9.90 Å². The van der Waals surface area contributed by atoms with E-state index in [1.807, 2.05) is 35.2 Å². The van der Waals surface area contributed by atoms with Crippen LogP contribution in [-0.2, 0) is 4.79 Å². The molecule has 2 aromatic rings. The van der Waals surface area contributed by atoms with Crippen molar-refractivity contribution in [2.24, 2.45) is 0 Å². The molecule has 3 rings (SSSR count). The van der Waals surface area contributed by atoms with E-state index < -0.39 is 12.0 Å². The van der Waals surface area contributed by atoms with Crippen molar-refractivity contribution in [2.75, 3.05) is 6.54 Å². The van der Waals surface area contributed by atoms with Gasteiger partial charge in [-0.25, -0.2) is 0 Å². The zero-order valence-corrected chi connectivity index (χ0v) is 13.8. The lowest BCUT2D eigenvalue weighted by Gasteiger charge is -2.31. The highest BCUT2D eigenvalue weighted by atomic mass is 35.5. The molecule has 4 nitrogen and oxygen atoms in total. The summed E-state index contributed by atoms with van der Waals surface area (Å²) in [5.74, 6) is -0.818. The Bertz CT molecular complexity index is 709. The second-order valence-corrected chi connectivity index (χ2v) is 6.32. The molecule has 23 heavy (non-hydrogen) atoms. The first-order chi connectivity index (χ1) is 11.1. The van der Waals surface area contributed by atoms with Gasteiger partial charge in [-0.15, -0.1) is 0 Å². The SMILES string of the molecule is O=C(O)C1CCCN1C(c1ccccn1)c1cccc(Cl)c1Cl. The highest BCUT2D eigenvalue weighted by Crippen LogP contribution is 2.39. The molecule has 1 aliphatic heterocycles. The highest BCUT2D eigenvalue weighted by molar-refractivity contribution is 6.42. The number of likely N-dealkylation sites (tertiary alicyclic amines) is 1. The van der Waals surface area contributed by atoms with E-state index in [1.54, 1.807) is 12.3 Å². The van der Waals surface area contributed by atoms with Crippen molar-refractivity contribution in [1.82, 2.24) is 9.88 Å². The highest BCUT2D eigenvalue weighted by Gasteiger charge is 2.38. The molecule has 0 radical (unpaired) electrons. The van der Waals surface area contributed by atoms with Gasteiger partial charge in [-0.05, 0) is 36.6 Å². The number of nitrogens with zero attached hydrogens (tertiary/aromatic N) is 2. The molecule has 2 atom stereocenters. The number of halogens is 2. The Labute approximate surface area is 144 Å². The molecule has 2 heterocycles. The average molecular weight is 351 g/mol. The molecule has 120 valence electrons. The molecular formula is C17H16Cl2N2O2. The number of carbonyl (C=O) groups is 1. The predicted molar refractivity (Wildman–Crippen MR) is 89.9 cm³/mol. The molecule has 0 saturated carbocycles. The van der Waals surface area contributed by atoms with Crippen molar-refractivity contribution in [2.45, 2.75) is 24.9 Å². The van der Waals surface area contributed by atoms with E-state index in [0.29, 0.717) is 23.0 Å². The van der Waals surface area contributed by atoms with Crippen molar-refractivity contribution in [3.63, 3.8) is 0 Å². The second-order valence-electron chi connectivity index (χ2n) is 5.53. The minimum Gasteiger partial charge on any atom is -0.480 e. The van der Waals surface area contributed by atoms with Gasteiger partial charge in [-0.3, -0.25) is 14.7 Å². The van der Waals surface area contributed by atoms with Gasteiger partial charge in [-0.2, -0.15) is 0 Å². The van der Waals surface area contributed by atoms with Crippen molar-refractivity contribution >= 4 is 29.2 Å². The van der Waals surface area contributed by atoms with Crippen LogP contribution < -0.4 is 0 Å². The van der Waals surface area contributed by atoms with Crippen molar-refractivity contribution in [3.8, 4) is 0 Å². The maximum Gasteiger partial charge on any atom is 0.320 e. The van der Waals surface area contributed by atoms with Gasteiger partial charge in [-0.1, -0.05) is 41.4 Å². The number of hydrogen-bond donors (Lipinski definition) is 1. The van der Waals surface area contributed by atoms with Gasteiger partial charge in [0.15, 0.2) is 0 Å². The van der Waals surface area contributed by atoms with Crippen LogP contribution in [0.15, 0.2) is 42.6 Å². The van der Waals surface area contributed by atoms with Crippen LogP contribution >= 0.6 is 23.2 Å². The molecule has 0 bridgehead atoms. The molecule has 1 saturated heterocycles. The average Bonchev–Trinajstić information content (AvgIpc) is 3.02. The van der Waals surface area contributed by atoms with Crippen LogP contribution in [0.25, 0.3) is 0 Å². The third-order valence-corrected chi connectivity index (χ3v) is 4.99. The van der Waals surface area contributed by atoms with Gasteiger partial charge in [0.1, 0.15) is 6.04 Å². The molecule has 0 spiro atoms. The minimum atomic E-state index is -0.818. The van der Waals surface area contributed by atoms with Crippen LogP contribution in [0.5, 0.6) is 0 Å². The molecule has 0 aliphatic carbocycles. The summed E-state index contributed by atoms with van der Waals surface area (Å²) in [5, 5.41) is 10.4. The Morgan fingerprint density at radius 2 is 2.09 bits per heavy atom. The molecule has 1 aliphatic rings. The normalized spacial score (nSPS) is 19.7. The topological polar surface area (TPSA) is 53.4 Å². The lowest BCUT2D eigenvalue weighted by Crippen LogP contribution is -2.39. The van der Waals surface area contributed by atoms with E-state index in [0.717, 1.165) is 17.7 Å². The minimum absolute atomic E-state index is 0.328. The Morgan fingerprint density at radius 1 is 1.26 bits per heavy atom. The lowest BCUT2D eigenvalue weighted by atomic mass is 10.00. The van der Waals surface area contributed by atoms with Gasteiger partial charge in [0.05, 0.1) is 21.8 Å². The number of aromatic nitrogens is 1. The summed E-state index contributed by atoms with van der Waals surface area (Å²) < 4.78 is 0. The summed E-state index contributed by atoms with van der Waals surface area (Å²) in [4.78, 5) is 18.0. The van der Waals surface area contributed by atoms with Crippen molar-refractivity contribution < 1.29 is 9.90 Å². The summed E-state index contributed by atoms with van der Waals surface area (Å²) in [5.41, 5.74) is 1.55. The summed E-state index contributed by atoms with van der Waals surface area (Å²) in [6.45, 7) is 0.682. The number of pyridine rings is 1. The number of carboxylic acids is 1. The third-order valence-electron chi connectivity index (χ3n) is 4.15. The molecule has 1 fully saturated rings. The maximum atomic E-state index is 11.6. The molecule has 1 aromatic carbocycles. The number of rotatable bonds is 4. The van der Waals surface area contributed by atoms with Crippen molar-refractivity contribution in [1.29, 1.82) is 0 Å². The summed E-state index contributed by atoms with van der Waals surface area (Å²) in [6.07, 6.45) is 3.15. The smallest absolute Gasteiger partial charge is 0.320 e. The van der Waals surface area contributed by atoms with E-state index in [1.165, 1.54) is 0 Å². The molecule has 1 N–H and O–H groups in total. The third kappa shape index (κ3) is 3.20. The number of benzene rings is 1. The van der Waals surface area contributed by atoms with Crippen LogP contribution in [0.2, 0.25) is 10.0 Å². The molecule has 1 aromatic heterocycles. The fourth-order valence-corrected chi connectivity index (χ4v) is 3.55. The summed E-state index contributed by atoms with van der Waals surface area (Å²) in [7, 11) is 0. The molecule has 0 amide bonds. The van der Waals surface area contributed by atoms with E-state index in [2.05, 4.69) is 4.98 Å². The Morgan fingerprint density at radius 3 is 2.78 bits per heavy atom. The Balaban J connectivity index is 2.11. The van der Waals surface area contributed by atoms with Crippen LogP contribution in [0.4, 0.5) is 0 Å². The Hall–Kier alpha value is -1.62. The van der Waals surface area contributed by atoms with Crippen LogP contribution in [0.3, 0.4) is 0 Å². The predicted octanol–water partition coefficient (Wildman–Crippen LogP) is 4.03. The van der Waals surface area contributed by atoms with Crippen molar-refractivity contribution in [3.05, 3.63) is 63.9 Å². The van der Waals surface area contributed by atoms with E-state index in [4.69, 9.17) is 23.2 Å². The van der Waals surface area contributed by atoms with Gasteiger partial charge >= 0.3 is 5.97 Å². The fraction of sp³-hybridized carbons (Fsp3) is 0.294. The first-order valence-corrected chi connectivity index (χ1v) is 8.18. The number of hydrogen-bond acceptors (Lipinski definition) is 3. The summed E-state index contributed by atoms with van der Waals surface area (Å²) >= 11 is 12.6. The fourth-order valence-electron chi connectivity index (χ4n) is 3.14. The summed E-state index contributed by atoms with van der Waals surface area (Å²) in [6, 6.07) is 10.2. The molecule has 2 unspecified atom stereocenters. The second kappa shape index (κ2) is 6.87.